The Balaban J connectivity index is 1.30. The van der Waals surface area contributed by atoms with Crippen molar-refractivity contribution in [3.63, 3.8) is 0 Å². The standard InChI is InChI=1S/C21H26N2O2S/c1-26-17-8-6-16(7-9-17)22-19(24)18-14-21(18)10-12-23(13-11-21)20(25)15-4-2-3-5-15/h4,6-9,18H,2-3,5,10-14H2,1H3,(H,22,24)/t18-/m0/s1. The van der Waals surface area contributed by atoms with Crippen molar-refractivity contribution in [3.8, 4) is 0 Å². The van der Waals surface area contributed by atoms with Crippen molar-refractivity contribution < 1.29 is 9.59 Å². The number of thioether (sulfide) groups is 1. The first-order chi connectivity index (χ1) is 12.6. The smallest absolute Gasteiger partial charge is 0.249 e. The molecular formula is C21H26N2O2S. The molecule has 1 saturated carbocycles. The van der Waals surface area contributed by atoms with E-state index in [-0.39, 0.29) is 23.1 Å². The van der Waals surface area contributed by atoms with Gasteiger partial charge in [-0.2, -0.15) is 0 Å². The Kier molecular flexibility index (Phi) is 4.82. The lowest BCUT2D eigenvalue weighted by molar-refractivity contribution is -0.128. The van der Waals surface area contributed by atoms with Crippen LogP contribution in [0.3, 0.4) is 0 Å². The van der Waals surface area contributed by atoms with Crippen LogP contribution < -0.4 is 5.32 Å². The SMILES string of the molecule is CSc1ccc(NC(=O)[C@@H]2CC23CCN(C(=O)C2=CCCC2)CC3)cc1. The first-order valence-electron chi connectivity index (χ1n) is 9.54. The van der Waals surface area contributed by atoms with E-state index in [9.17, 15) is 9.59 Å². The van der Waals surface area contributed by atoms with Gasteiger partial charge in [-0.05, 0) is 74.5 Å². The fraction of sp³-hybridized carbons (Fsp3) is 0.524. The van der Waals surface area contributed by atoms with Crippen molar-refractivity contribution in [2.75, 3.05) is 24.7 Å². The maximum atomic E-state index is 12.6. The van der Waals surface area contributed by atoms with Crippen LogP contribution in [0.15, 0.2) is 40.8 Å². The van der Waals surface area contributed by atoms with Crippen LogP contribution in [0.1, 0.15) is 38.5 Å². The third-order valence-corrected chi connectivity index (χ3v) is 6.97. The fourth-order valence-corrected chi connectivity index (χ4v) is 4.81. The Hall–Kier alpha value is -1.75. The molecule has 2 aliphatic carbocycles. The van der Waals surface area contributed by atoms with E-state index in [0.29, 0.717) is 0 Å². The number of nitrogens with one attached hydrogen (secondary N) is 1. The Morgan fingerprint density at radius 1 is 1.19 bits per heavy atom. The molecular weight excluding hydrogens is 344 g/mol. The van der Waals surface area contributed by atoms with Crippen molar-refractivity contribution in [1.82, 2.24) is 4.90 Å². The first kappa shape index (κ1) is 17.7. The summed E-state index contributed by atoms with van der Waals surface area (Å²) in [6, 6.07) is 8.00. The number of nitrogens with zero attached hydrogens (tertiary/aromatic N) is 1. The molecule has 4 rings (SSSR count). The molecule has 2 amide bonds. The van der Waals surface area contributed by atoms with Gasteiger partial charge in [-0.25, -0.2) is 0 Å². The fourth-order valence-electron chi connectivity index (χ4n) is 4.40. The highest BCUT2D eigenvalue weighted by Crippen LogP contribution is 2.59. The van der Waals surface area contributed by atoms with Gasteiger partial charge in [-0.15, -0.1) is 11.8 Å². The van der Waals surface area contributed by atoms with Gasteiger partial charge >= 0.3 is 0 Å². The van der Waals surface area contributed by atoms with Gasteiger partial charge in [0.15, 0.2) is 0 Å². The van der Waals surface area contributed by atoms with E-state index in [1.807, 2.05) is 35.4 Å². The molecule has 0 bridgehead atoms. The second-order valence-electron chi connectivity index (χ2n) is 7.75. The molecule has 4 nitrogen and oxygen atoms in total. The normalized spacial score (nSPS) is 23.7. The quantitative estimate of drug-likeness (QED) is 0.812. The lowest BCUT2D eigenvalue weighted by Gasteiger charge is -2.33. The largest absolute Gasteiger partial charge is 0.339 e. The summed E-state index contributed by atoms with van der Waals surface area (Å²) in [6.07, 6.45) is 10.1. The van der Waals surface area contributed by atoms with Gasteiger partial charge in [0.25, 0.3) is 0 Å². The van der Waals surface area contributed by atoms with E-state index in [1.54, 1.807) is 11.8 Å². The molecule has 1 heterocycles. The Labute approximate surface area is 159 Å². The molecule has 1 aromatic rings. The minimum absolute atomic E-state index is 0.102. The average molecular weight is 371 g/mol. The van der Waals surface area contributed by atoms with E-state index in [0.717, 1.165) is 62.9 Å². The van der Waals surface area contributed by atoms with Crippen LogP contribution in [0.2, 0.25) is 0 Å². The lowest BCUT2D eigenvalue weighted by atomic mass is 9.90. The Morgan fingerprint density at radius 2 is 1.92 bits per heavy atom. The third-order valence-electron chi connectivity index (χ3n) is 6.23. The first-order valence-corrected chi connectivity index (χ1v) is 10.8. The van der Waals surface area contributed by atoms with Crippen LogP contribution in [0.4, 0.5) is 5.69 Å². The predicted molar refractivity (Wildman–Crippen MR) is 105 cm³/mol. The topological polar surface area (TPSA) is 49.4 Å². The summed E-state index contributed by atoms with van der Waals surface area (Å²) < 4.78 is 0. The number of hydrogen-bond acceptors (Lipinski definition) is 3. The number of amides is 2. The molecule has 0 aromatic heterocycles. The summed E-state index contributed by atoms with van der Waals surface area (Å²) in [5, 5.41) is 3.07. The lowest BCUT2D eigenvalue weighted by Crippen LogP contribution is -2.40. The minimum atomic E-state index is 0.102. The number of likely N-dealkylation sites (tertiary alicyclic amines) is 1. The highest BCUT2D eigenvalue weighted by molar-refractivity contribution is 7.98. The van der Waals surface area contributed by atoms with Gasteiger partial charge in [0, 0.05) is 35.2 Å². The zero-order valence-electron chi connectivity index (χ0n) is 15.3. The maximum Gasteiger partial charge on any atom is 0.249 e. The summed E-state index contributed by atoms with van der Waals surface area (Å²) in [6.45, 7) is 1.59. The molecule has 0 unspecified atom stereocenters. The number of rotatable bonds is 4. The molecule has 1 atom stereocenters. The second kappa shape index (κ2) is 7.10. The van der Waals surface area contributed by atoms with Gasteiger partial charge in [0.05, 0.1) is 0 Å². The van der Waals surface area contributed by atoms with Gasteiger partial charge in [0.2, 0.25) is 11.8 Å². The molecule has 1 N–H and O–H groups in total. The van der Waals surface area contributed by atoms with Crippen LogP contribution in [0, 0.1) is 11.3 Å². The summed E-state index contributed by atoms with van der Waals surface area (Å²) in [7, 11) is 0. The molecule has 1 saturated heterocycles. The van der Waals surface area contributed by atoms with E-state index in [2.05, 4.69) is 11.4 Å². The zero-order valence-corrected chi connectivity index (χ0v) is 16.1. The van der Waals surface area contributed by atoms with Crippen molar-refractivity contribution in [2.24, 2.45) is 11.3 Å². The Bertz CT molecular complexity index is 733. The number of carbonyl (C=O) groups excluding carboxylic acids is 2. The molecule has 0 radical (unpaired) electrons. The van der Waals surface area contributed by atoms with Crippen LogP contribution >= 0.6 is 11.8 Å². The molecule has 1 aliphatic heterocycles. The van der Waals surface area contributed by atoms with Crippen molar-refractivity contribution >= 4 is 29.3 Å². The number of anilines is 1. The van der Waals surface area contributed by atoms with E-state index in [4.69, 9.17) is 0 Å². The predicted octanol–water partition coefficient (Wildman–Crippen LogP) is 4.09. The monoisotopic (exact) mass is 370 g/mol. The number of hydrogen-bond donors (Lipinski definition) is 1. The molecule has 138 valence electrons. The van der Waals surface area contributed by atoms with E-state index >= 15 is 0 Å². The van der Waals surface area contributed by atoms with Gasteiger partial charge in [-0.3, -0.25) is 9.59 Å². The molecule has 2 fully saturated rings. The highest BCUT2D eigenvalue weighted by Gasteiger charge is 2.58. The molecule has 3 aliphatic rings. The number of carbonyl (C=O) groups is 2. The molecule has 5 heteroatoms. The number of allylic oxidation sites excluding steroid dienone is 1. The van der Waals surface area contributed by atoms with E-state index < -0.39 is 0 Å². The average Bonchev–Trinajstić information content (AvgIpc) is 3.10. The van der Waals surface area contributed by atoms with Crippen LogP contribution in [0.25, 0.3) is 0 Å². The maximum absolute atomic E-state index is 12.6. The summed E-state index contributed by atoms with van der Waals surface area (Å²) in [4.78, 5) is 28.3. The molecule has 1 spiro atoms. The van der Waals surface area contributed by atoms with Crippen molar-refractivity contribution in [3.05, 3.63) is 35.9 Å². The molecule has 1 aromatic carbocycles. The van der Waals surface area contributed by atoms with Gasteiger partial charge in [-0.1, -0.05) is 6.08 Å². The third kappa shape index (κ3) is 3.41. The second-order valence-corrected chi connectivity index (χ2v) is 8.63. The summed E-state index contributed by atoms with van der Waals surface area (Å²) >= 11 is 1.70. The molecule has 26 heavy (non-hydrogen) atoms. The summed E-state index contributed by atoms with van der Waals surface area (Å²) in [5.74, 6) is 0.471. The van der Waals surface area contributed by atoms with Crippen LogP contribution in [-0.2, 0) is 9.59 Å². The van der Waals surface area contributed by atoms with Crippen LogP contribution in [0.5, 0.6) is 0 Å². The van der Waals surface area contributed by atoms with Gasteiger partial charge in [0.1, 0.15) is 0 Å². The Morgan fingerprint density at radius 3 is 2.54 bits per heavy atom. The highest BCUT2D eigenvalue weighted by atomic mass is 32.2. The van der Waals surface area contributed by atoms with Crippen molar-refractivity contribution in [2.45, 2.75) is 43.4 Å². The van der Waals surface area contributed by atoms with Gasteiger partial charge < -0.3 is 10.2 Å². The number of piperidine rings is 1. The number of benzene rings is 1. The van der Waals surface area contributed by atoms with Crippen LogP contribution in [-0.4, -0.2) is 36.1 Å². The minimum Gasteiger partial charge on any atom is -0.339 e. The summed E-state index contributed by atoms with van der Waals surface area (Å²) in [5.41, 5.74) is 2.00. The van der Waals surface area contributed by atoms with Crippen molar-refractivity contribution in [1.29, 1.82) is 0 Å². The zero-order chi connectivity index (χ0) is 18.1. The van der Waals surface area contributed by atoms with E-state index in [1.165, 1.54) is 4.90 Å².